The Morgan fingerprint density at radius 2 is 2.07 bits per heavy atom. The third-order valence-electron chi connectivity index (χ3n) is 1.92. The molecule has 0 bridgehead atoms. The summed E-state index contributed by atoms with van der Waals surface area (Å²) in [6.07, 6.45) is 4.14. The predicted molar refractivity (Wildman–Crippen MR) is 66.0 cm³/mol. The Labute approximate surface area is 95.6 Å². The summed E-state index contributed by atoms with van der Waals surface area (Å²) in [6.45, 7) is 2.03. The summed E-state index contributed by atoms with van der Waals surface area (Å²) >= 11 is 1.65. The Morgan fingerprint density at radius 3 is 2.73 bits per heavy atom. The molecule has 0 amide bonds. The summed E-state index contributed by atoms with van der Waals surface area (Å²) in [7, 11) is 0. The third-order valence-corrected chi connectivity index (χ3v) is 2.79. The van der Waals surface area contributed by atoms with Crippen molar-refractivity contribution in [2.24, 2.45) is 0 Å². The molecule has 0 saturated carbocycles. The van der Waals surface area contributed by atoms with Crippen LogP contribution in [0.15, 0.2) is 46.7 Å². The van der Waals surface area contributed by atoms with Crippen molar-refractivity contribution in [1.82, 2.24) is 0 Å². The molecule has 0 fully saturated rings. The van der Waals surface area contributed by atoms with Crippen LogP contribution in [0.4, 0.5) is 0 Å². The first-order valence-electron chi connectivity index (χ1n) is 5.21. The van der Waals surface area contributed by atoms with Crippen molar-refractivity contribution in [3.63, 3.8) is 0 Å². The number of carbonyl (C=O) groups excluding carboxylic acids is 1. The number of ketones is 1. The maximum Gasteiger partial charge on any atom is 0.136 e. The van der Waals surface area contributed by atoms with Gasteiger partial charge in [-0.25, -0.2) is 0 Å². The minimum atomic E-state index is 0.322. The number of rotatable bonds is 6. The summed E-state index contributed by atoms with van der Waals surface area (Å²) in [4.78, 5) is 12.4. The Bertz CT molecular complexity index is 317. The van der Waals surface area contributed by atoms with E-state index in [1.807, 2.05) is 36.6 Å². The van der Waals surface area contributed by atoms with Gasteiger partial charge in [-0.2, -0.15) is 0 Å². The molecule has 0 aliphatic heterocycles. The molecule has 0 N–H and O–H groups in total. The number of Topliss-reactive ketones (excluding diaryl/α,β-unsaturated/α-hetero) is 1. The highest BCUT2D eigenvalue weighted by molar-refractivity contribution is 8.02. The van der Waals surface area contributed by atoms with Crippen LogP contribution in [0.3, 0.4) is 0 Å². The van der Waals surface area contributed by atoms with Gasteiger partial charge in [0.1, 0.15) is 5.78 Å². The summed E-state index contributed by atoms with van der Waals surface area (Å²) in [6, 6.07) is 10.1. The van der Waals surface area contributed by atoms with Crippen LogP contribution in [0.25, 0.3) is 0 Å². The number of carbonyl (C=O) groups is 1. The van der Waals surface area contributed by atoms with Crippen molar-refractivity contribution in [3.05, 3.63) is 41.8 Å². The van der Waals surface area contributed by atoms with Crippen molar-refractivity contribution in [2.45, 2.75) is 31.1 Å². The number of benzene rings is 1. The van der Waals surface area contributed by atoms with E-state index in [0.29, 0.717) is 18.6 Å². The lowest BCUT2D eigenvalue weighted by atomic mass is 10.2. The van der Waals surface area contributed by atoms with E-state index in [1.54, 1.807) is 11.8 Å². The molecule has 0 aromatic heterocycles. The first-order valence-corrected chi connectivity index (χ1v) is 6.09. The molecule has 0 aliphatic carbocycles. The van der Waals surface area contributed by atoms with Gasteiger partial charge in [0.05, 0.1) is 0 Å². The average molecular weight is 220 g/mol. The minimum Gasteiger partial charge on any atom is -0.299 e. The van der Waals surface area contributed by atoms with Crippen LogP contribution in [-0.4, -0.2) is 5.78 Å². The molecule has 1 aromatic rings. The smallest absolute Gasteiger partial charge is 0.136 e. The number of hydrogen-bond donors (Lipinski definition) is 0. The predicted octanol–water partition coefficient (Wildman–Crippen LogP) is 4.05. The van der Waals surface area contributed by atoms with E-state index < -0.39 is 0 Å². The molecular weight excluding hydrogens is 204 g/mol. The molecule has 80 valence electrons. The van der Waals surface area contributed by atoms with E-state index in [9.17, 15) is 4.79 Å². The van der Waals surface area contributed by atoms with Gasteiger partial charge in [0.2, 0.25) is 0 Å². The van der Waals surface area contributed by atoms with Gasteiger partial charge >= 0.3 is 0 Å². The maximum atomic E-state index is 11.2. The maximum absolute atomic E-state index is 11.2. The highest BCUT2D eigenvalue weighted by Gasteiger charge is 1.95. The second-order valence-electron chi connectivity index (χ2n) is 3.30. The molecule has 0 unspecified atom stereocenters. The molecule has 2 heteroatoms. The molecule has 0 atom stereocenters. The SMILES string of the molecule is CCCC(=O)C/C=C/Sc1ccccc1. The lowest BCUT2D eigenvalue weighted by Gasteiger charge is -1.94. The van der Waals surface area contributed by atoms with Crippen LogP contribution in [-0.2, 0) is 4.79 Å². The van der Waals surface area contributed by atoms with Gasteiger partial charge in [-0.1, -0.05) is 43.0 Å². The van der Waals surface area contributed by atoms with Crippen molar-refractivity contribution in [2.75, 3.05) is 0 Å². The fourth-order valence-electron chi connectivity index (χ4n) is 1.19. The second kappa shape index (κ2) is 7.30. The quantitative estimate of drug-likeness (QED) is 0.673. The van der Waals surface area contributed by atoms with Gasteiger partial charge in [0, 0.05) is 17.7 Å². The molecule has 1 rings (SSSR count). The Hall–Kier alpha value is -1.02. The molecule has 0 aliphatic rings. The Balaban J connectivity index is 2.26. The van der Waals surface area contributed by atoms with Crippen molar-refractivity contribution >= 4 is 17.5 Å². The zero-order valence-electron chi connectivity index (χ0n) is 8.98. The summed E-state index contributed by atoms with van der Waals surface area (Å²) in [5, 5.41) is 1.99. The fraction of sp³-hybridized carbons (Fsp3) is 0.308. The average Bonchev–Trinajstić information content (AvgIpc) is 2.26. The van der Waals surface area contributed by atoms with Crippen molar-refractivity contribution in [1.29, 1.82) is 0 Å². The van der Waals surface area contributed by atoms with E-state index in [1.165, 1.54) is 4.90 Å². The van der Waals surface area contributed by atoms with Gasteiger partial charge in [0.15, 0.2) is 0 Å². The van der Waals surface area contributed by atoms with Gasteiger partial charge in [-0.15, -0.1) is 0 Å². The lowest BCUT2D eigenvalue weighted by molar-refractivity contribution is -0.118. The summed E-state index contributed by atoms with van der Waals surface area (Å²) in [5.74, 6) is 0.322. The van der Waals surface area contributed by atoms with Gasteiger partial charge < -0.3 is 0 Å². The first kappa shape index (κ1) is 12.1. The van der Waals surface area contributed by atoms with E-state index in [2.05, 4.69) is 12.1 Å². The molecule has 0 heterocycles. The van der Waals surface area contributed by atoms with E-state index in [-0.39, 0.29) is 0 Å². The third kappa shape index (κ3) is 5.43. The largest absolute Gasteiger partial charge is 0.299 e. The van der Waals surface area contributed by atoms with Gasteiger partial charge in [0.25, 0.3) is 0 Å². The minimum absolute atomic E-state index is 0.322. The molecule has 0 saturated heterocycles. The Morgan fingerprint density at radius 1 is 1.33 bits per heavy atom. The highest BCUT2D eigenvalue weighted by Crippen LogP contribution is 2.18. The molecule has 1 aromatic carbocycles. The Kier molecular flexibility index (Phi) is 5.86. The van der Waals surface area contributed by atoms with Gasteiger partial charge in [-0.3, -0.25) is 4.79 Å². The van der Waals surface area contributed by atoms with Crippen LogP contribution < -0.4 is 0 Å². The molecule has 15 heavy (non-hydrogen) atoms. The van der Waals surface area contributed by atoms with Crippen molar-refractivity contribution in [3.8, 4) is 0 Å². The molecule has 0 radical (unpaired) electrons. The normalized spacial score (nSPS) is 10.7. The van der Waals surface area contributed by atoms with Crippen LogP contribution in [0.2, 0.25) is 0 Å². The van der Waals surface area contributed by atoms with Crippen LogP contribution in [0.5, 0.6) is 0 Å². The van der Waals surface area contributed by atoms with E-state index in [4.69, 9.17) is 0 Å². The lowest BCUT2D eigenvalue weighted by Crippen LogP contribution is -1.92. The molecule has 0 spiro atoms. The fourth-order valence-corrected chi connectivity index (χ4v) is 1.85. The highest BCUT2D eigenvalue weighted by atomic mass is 32.2. The first-order chi connectivity index (χ1) is 7.33. The second-order valence-corrected chi connectivity index (χ2v) is 4.27. The summed E-state index contributed by atoms with van der Waals surface area (Å²) < 4.78 is 0. The standard InChI is InChI=1S/C13H16OS/c1-2-7-12(14)8-6-11-15-13-9-4-3-5-10-13/h3-6,9-11H,2,7-8H2,1H3/b11-6+. The van der Waals surface area contributed by atoms with Crippen LogP contribution >= 0.6 is 11.8 Å². The van der Waals surface area contributed by atoms with Crippen LogP contribution in [0.1, 0.15) is 26.2 Å². The van der Waals surface area contributed by atoms with E-state index >= 15 is 0 Å². The zero-order valence-corrected chi connectivity index (χ0v) is 9.80. The van der Waals surface area contributed by atoms with E-state index in [0.717, 1.165) is 6.42 Å². The number of hydrogen-bond acceptors (Lipinski definition) is 2. The number of thioether (sulfide) groups is 1. The molecular formula is C13H16OS. The number of allylic oxidation sites excluding steroid dienone is 1. The zero-order chi connectivity index (χ0) is 10.9. The summed E-state index contributed by atoms with van der Waals surface area (Å²) in [5.41, 5.74) is 0. The molecule has 1 nitrogen and oxygen atoms in total. The van der Waals surface area contributed by atoms with Crippen molar-refractivity contribution < 1.29 is 4.79 Å². The topological polar surface area (TPSA) is 17.1 Å². The monoisotopic (exact) mass is 220 g/mol. The van der Waals surface area contributed by atoms with Gasteiger partial charge in [-0.05, 0) is 24.0 Å². The van der Waals surface area contributed by atoms with Crippen LogP contribution in [0, 0.1) is 0 Å².